The highest BCUT2D eigenvalue weighted by atomic mass is 32.1. The summed E-state index contributed by atoms with van der Waals surface area (Å²) in [7, 11) is 1.72. The number of hydrogen-bond donors (Lipinski definition) is 1. The Bertz CT molecular complexity index is 208. The summed E-state index contributed by atoms with van der Waals surface area (Å²) < 4.78 is 10.7. The maximum atomic E-state index is 5.62. The Morgan fingerprint density at radius 1 is 1.56 bits per heavy atom. The van der Waals surface area contributed by atoms with Gasteiger partial charge in [0.05, 0.1) is 17.7 Å². The van der Waals surface area contributed by atoms with Crippen molar-refractivity contribution < 1.29 is 9.47 Å². The molecule has 0 bridgehead atoms. The number of rotatable bonds is 8. The van der Waals surface area contributed by atoms with Crippen molar-refractivity contribution in [3.05, 3.63) is 0 Å². The van der Waals surface area contributed by atoms with E-state index in [1.54, 1.807) is 7.11 Å². The predicted octanol–water partition coefficient (Wildman–Crippen LogP) is 0.790. The molecule has 1 atom stereocenters. The first kappa shape index (κ1) is 13.8. The molecule has 94 valence electrons. The van der Waals surface area contributed by atoms with E-state index in [1.165, 1.54) is 6.42 Å². The summed E-state index contributed by atoms with van der Waals surface area (Å²) in [6.07, 6.45) is 3.49. The summed E-state index contributed by atoms with van der Waals surface area (Å²) in [4.78, 5) is 2.90. The Balaban J connectivity index is 2.26. The van der Waals surface area contributed by atoms with E-state index >= 15 is 0 Å². The van der Waals surface area contributed by atoms with Crippen LogP contribution in [0.3, 0.4) is 0 Å². The van der Waals surface area contributed by atoms with Crippen LogP contribution in [0.25, 0.3) is 0 Å². The highest BCUT2D eigenvalue weighted by Gasteiger charge is 2.18. The molecule has 0 saturated carbocycles. The molecule has 1 fully saturated rings. The van der Waals surface area contributed by atoms with Crippen molar-refractivity contribution in [2.45, 2.75) is 25.4 Å². The van der Waals surface area contributed by atoms with Crippen LogP contribution in [0.5, 0.6) is 0 Å². The molecule has 0 aromatic rings. The molecular formula is C11H22N2O2S. The number of methoxy groups -OCH3 is 1. The molecule has 16 heavy (non-hydrogen) atoms. The Hall–Kier alpha value is -0.230. The highest BCUT2D eigenvalue weighted by molar-refractivity contribution is 7.80. The second-order valence-corrected chi connectivity index (χ2v) is 4.67. The standard InChI is InChI=1S/C11H22N2O2S/c1-14-8-6-13(5-4-11(12)16)9-10-3-2-7-15-10/h10H,2-9H2,1H3,(H2,12,16). The lowest BCUT2D eigenvalue weighted by Crippen LogP contribution is -2.36. The van der Waals surface area contributed by atoms with Gasteiger partial charge in [-0.05, 0) is 12.8 Å². The Kier molecular flexibility index (Phi) is 6.87. The Morgan fingerprint density at radius 3 is 2.94 bits per heavy atom. The van der Waals surface area contributed by atoms with Crippen LogP contribution in [0.2, 0.25) is 0 Å². The lowest BCUT2D eigenvalue weighted by Gasteiger charge is -2.24. The summed E-state index contributed by atoms with van der Waals surface area (Å²) in [5.74, 6) is 0. The molecule has 0 aliphatic carbocycles. The van der Waals surface area contributed by atoms with Crippen LogP contribution >= 0.6 is 12.2 Å². The average Bonchev–Trinajstić information content (AvgIpc) is 2.74. The third-order valence-corrected chi connectivity index (χ3v) is 2.98. The Morgan fingerprint density at radius 2 is 2.38 bits per heavy atom. The van der Waals surface area contributed by atoms with Crippen LogP contribution in [0, 0.1) is 0 Å². The van der Waals surface area contributed by atoms with Gasteiger partial charge in [0.15, 0.2) is 0 Å². The number of nitrogens with two attached hydrogens (primary N) is 1. The molecule has 0 radical (unpaired) electrons. The lowest BCUT2D eigenvalue weighted by atomic mass is 10.2. The summed E-state index contributed by atoms with van der Waals surface area (Å²) >= 11 is 4.90. The normalized spacial score (nSPS) is 20.5. The van der Waals surface area contributed by atoms with Gasteiger partial charge in [-0.2, -0.15) is 0 Å². The van der Waals surface area contributed by atoms with Crippen LogP contribution in [-0.4, -0.2) is 56.0 Å². The topological polar surface area (TPSA) is 47.7 Å². The maximum Gasteiger partial charge on any atom is 0.0740 e. The number of thiocarbonyl (C=S) groups is 1. The van der Waals surface area contributed by atoms with Crippen LogP contribution in [0.1, 0.15) is 19.3 Å². The van der Waals surface area contributed by atoms with E-state index in [-0.39, 0.29) is 0 Å². The molecule has 0 amide bonds. The van der Waals surface area contributed by atoms with Gasteiger partial charge in [0.25, 0.3) is 0 Å². The smallest absolute Gasteiger partial charge is 0.0740 e. The minimum atomic E-state index is 0.378. The molecule has 0 aromatic heterocycles. The van der Waals surface area contributed by atoms with E-state index in [0.29, 0.717) is 11.1 Å². The summed E-state index contributed by atoms with van der Waals surface area (Å²) in [5.41, 5.74) is 5.52. The third-order valence-electron chi connectivity index (χ3n) is 2.77. The van der Waals surface area contributed by atoms with Gasteiger partial charge in [0.2, 0.25) is 0 Å². The minimum absolute atomic E-state index is 0.378. The zero-order valence-electron chi connectivity index (χ0n) is 9.98. The third kappa shape index (κ3) is 5.75. The molecule has 1 aliphatic heterocycles. The van der Waals surface area contributed by atoms with E-state index in [2.05, 4.69) is 4.90 Å². The molecular weight excluding hydrogens is 224 g/mol. The lowest BCUT2D eigenvalue weighted by molar-refractivity contribution is 0.0628. The van der Waals surface area contributed by atoms with Crippen molar-refractivity contribution >= 4 is 17.2 Å². The predicted molar refractivity (Wildman–Crippen MR) is 68.7 cm³/mol. The first-order valence-corrected chi connectivity index (χ1v) is 6.24. The van der Waals surface area contributed by atoms with Gasteiger partial charge < -0.3 is 15.2 Å². The van der Waals surface area contributed by atoms with E-state index < -0.39 is 0 Å². The van der Waals surface area contributed by atoms with Gasteiger partial charge in [-0.15, -0.1) is 0 Å². The van der Waals surface area contributed by atoms with Crippen LogP contribution in [0.4, 0.5) is 0 Å². The molecule has 1 unspecified atom stereocenters. The molecule has 1 heterocycles. The molecule has 2 N–H and O–H groups in total. The second kappa shape index (κ2) is 7.95. The summed E-state index contributed by atoms with van der Waals surface area (Å²) in [6, 6.07) is 0. The molecule has 0 spiro atoms. The van der Waals surface area contributed by atoms with E-state index in [1.807, 2.05) is 0 Å². The average molecular weight is 246 g/mol. The highest BCUT2D eigenvalue weighted by Crippen LogP contribution is 2.13. The van der Waals surface area contributed by atoms with Gasteiger partial charge in [-0.1, -0.05) is 12.2 Å². The first-order valence-electron chi connectivity index (χ1n) is 5.83. The number of ether oxygens (including phenoxy) is 2. The quantitative estimate of drug-likeness (QED) is 0.642. The zero-order chi connectivity index (χ0) is 11.8. The fourth-order valence-electron chi connectivity index (χ4n) is 1.86. The molecule has 1 aliphatic rings. The second-order valence-electron chi connectivity index (χ2n) is 4.14. The van der Waals surface area contributed by atoms with Crippen molar-refractivity contribution in [1.82, 2.24) is 4.90 Å². The van der Waals surface area contributed by atoms with Crippen LogP contribution in [-0.2, 0) is 9.47 Å². The van der Waals surface area contributed by atoms with Gasteiger partial charge in [-0.25, -0.2) is 0 Å². The van der Waals surface area contributed by atoms with Crippen LogP contribution < -0.4 is 5.73 Å². The van der Waals surface area contributed by atoms with Gasteiger partial charge in [0, 0.05) is 39.8 Å². The van der Waals surface area contributed by atoms with E-state index in [4.69, 9.17) is 27.4 Å². The van der Waals surface area contributed by atoms with Crippen molar-refractivity contribution in [2.24, 2.45) is 5.73 Å². The summed E-state index contributed by atoms with van der Waals surface area (Å²) in [5, 5.41) is 0. The fourth-order valence-corrected chi connectivity index (χ4v) is 1.95. The number of hydrogen-bond acceptors (Lipinski definition) is 4. The molecule has 1 rings (SSSR count). The maximum absolute atomic E-state index is 5.62. The molecule has 4 nitrogen and oxygen atoms in total. The fraction of sp³-hybridized carbons (Fsp3) is 0.909. The van der Waals surface area contributed by atoms with Crippen LogP contribution in [0.15, 0.2) is 0 Å². The first-order chi connectivity index (χ1) is 7.72. The molecule has 1 saturated heterocycles. The van der Waals surface area contributed by atoms with Gasteiger partial charge >= 0.3 is 0 Å². The number of nitrogens with zero attached hydrogens (tertiary/aromatic N) is 1. The molecule has 5 heteroatoms. The van der Waals surface area contributed by atoms with Crippen molar-refractivity contribution in [2.75, 3.05) is 40.0 Å². The largest absolute Gasteiger partial charge is 0.393 e. The molecule has 0 aromatic carbocycles. The van der Waals surface area contributed by atoms with E-state index in [9.17, 15) is 0 Å². The van der Waals surface area contributed by atoms with Crippen molar-refractivity contribution in [3.8, 4) is 0 Å². The van der Waals surface area contributed by atoms with Gasteiger partial charge in [0.1, 0.15) is 0 Å². The SMILES string of the molecule is COCCN(CCC(N)=S)CC1CCCO1. The summed E-state index contributed by atoms with van der Waals surface area (Å²) in [6.45, 7) is 4.42. The van der Waals surface area contributed by atoms with Crippen molar-refractivity contribution in [3.63, 3.8) is 0 Å². The monoisotopic (exact) mass is 246 g/mol. The Labute approximate surface area is 103 Å². The van der Waals surface area contributed by atoms with E-state index in [0.717, 1.165) is 45.7 Å². The zero-order valence-corrected chi connectivity index (χ0v) is 10.8. The van der Waals surface area contributed by atoms with Crippen molar-refractivity contribution in [1.29, 1.82) is 0 Å². The minimum Gasteiger partial charge on any atom is -0.393 e. The van der Waals surface area contributed by atoms with Gasteiger partial charge in [-0.3, -0.25) is 4.90 Å².